The third kappa shape index (κ3) is 6.82. The first-order valence-corrected chi connectivity index (χ1v) is 10.6. The van der Waals surface area contributed by atoms with Gasteiger partial charge in [-0.05, 0) is 71.6 Å². The van der Waals surface area contributed by atoms with Crippen molar-refractivity contribution < 1.29 is 14.4 Å². The number of carbonyl (C=O) groups excluding carboxylic acids is 3. The van der Waals surface area contributed by atoms with Gasteiger partial charge in [-0.25, -0.2) is 10.2 Å². The molecule has 0 radical (unpaired) electrons. The summed E-state index contributed by atoms with van der Waals surface area (Å²) in [6, 6.07) is 19.7. The molecule has 3 aromatic rings. The molecule has 3 aromatic carbocycles. The van der Waals surface area contributed by atoms with Crippen LogP contribution in [0, 0.1) is 0 Å². The van der Waals surface area contributed by atoms with Crippen LogP contribution < -0.4 is 21.5 Å². The number of hydrazine groups is 1. The highest BCUT2D eigenvalue weighted by molar-refractivity contribution is 6.30. The number of hydrogen-bond acceptors (Lipinski definition) is 3. The Morgan fingerprint density at radius 2 is 1.12 bits per heavy atom. The Bertz CT molecular complexity index is 1140. The van der Waals surface area contributed by atoms with Gasteiger partial charge in [0.25, 0.3) is 11.8 Å². The lowest BCUT2D eigenvalue weighted by atomic mass is 9.87. The Morgan fingerprint density at radius 3 is 1.70 bits per heavy atom. The molecule has 0 bridgehead atoms. The van der Waals surface area contributed by atoms with Crippen LogP contribution in [0.5, 0.6) is 0 Å². The normalized spacial score (nSPS) is 10.8. The van der Waals surface area contributed by atoms with E-state index in [1.165, 1.54) is 0 Å². The van der Waals surface area contributed by atoms with Crippen molar-refractivity contribution in [3.05, 3.63) is 94.5 Å². The van der Waals surface area contributed by atoms with E-state index in [9.17, 15) is 14.4 Å². The van der Waals surface area contributed by atoms with E-state index >= 15 is 0 Å². The van der Waals surface area contributed by atoms with E-state index in [1.807, 2.05) is 12.1 Å². The number of urea groups is 1. The molecule has 0 spiro atoms. The van der Waals surface area contributed by atoms with Crippen molar-refractivity contribution in [2.45, 2.75) is 26.2 Å². The van der Waals surface area contributed by atoms with Crippen LogP contribution in [0.15, 0.2) is 72.8 Å². The topological polar surface area (TPSA) is 99.3 Å². The highest BCUT2D eigenvalue weighted by Gasteiger charge is 2.14. The molecule has 33 heavy (non-hydrogen) atoms. The van der Waals surface area contributed by atoms with Crippen LogP contribution in [0.25, 0.3) is 0 Å². The van der Waals surface area contributed by atoms with Crippen molar-refractivity contribution in [1.82, 2.24) is 10.9 Å². The van der Waals surface area contributed by atoms with Crippen LogP contribution in [-0.4, -0.2) is 17.8 Å². The van der Waals surface area contributed by atoms with E-state index in [-0.39, 0.29) is 11.3 Å². The maximum absolute atomic E-state index is 12.5. The Morgan fingerprint density at radius 1 is 0.636 bits per heavy atom. The molecule has 0 heterocycles. The maximum atomic E-state index is 12.5. The number of anilines is 2. The molecular weight excluding hydrogens is 440 g/mol. The fourth-order valence-electron chi connectivity index (χ4n) is 2.91. The summed E-state index contributed by atoms with van der Waals surface area (Å²) in [5.74, 6) is -0.745. The van der Waals surface area contributed by atoms with Gasteiger partial charge in [-0.2, -0.15) is 0 Å². The summed E-state index contributed by atoms with van der Waals surface area (Å²) in [4.78, 5) is 36.6. The average Bonchev–Trinajstić information content (AvgIpc) is 2.79. The van der Waals surface area contributed by atoms with Gasteiger partial charge in [-0.15, -0.1) is 0 Å². The summed E-state index contributed by atoms with van der Waals surface area (Å²) < 4.78 is 0. The minimum absolute atomic E-state index is 0.0107. The monoisotopic (exact) mass is 464 g/mol. The second kappa shape index (κ2) is 10.2. The highest BCUT2D eigenvalue weighted by atomic mass is 35.5. The molecule has 0 unspecified atom stereocenters. The molecule has 4 N–H and O–H groups in total. The quantitative estimate of drug-likeness (QED) is 0.391. The SMILES string of the molecule is CC(C)(C)c1ccc(C(=O)Nc2ccc(C(=O)NNC(=O)Nc3ccc(Cl)cc3)cc2)cc1. The first-order valence-electron chi connectivity index (χ1n) is 10.3. The number of nitrogens with one attached hydrogen (secondary N) is 4. The molecule has 0 aliphatic heterocycles. The largest absolute Gasteiger partial charge is 0.337 e. The average molecular weight is 465 g/mol. The molecule has 0 aromatic heterocycles. The predicted molar refractivity (Wildman–Crippen MR) is 131 cm³/mol. The molecule has 4 amide bonds. The first kappa shape index (κ1) is 23.8. The number of rotatable bonds is 4. The molecule has 0 fully saturated rings. The number of benzene rings is 3. The lowest BCUT2D eigenvalue weighted by molar-refractivity contribution is 0.0937. The van der Waals surface area contributed by atoms with Gasteiger partial charge in [-0.3, -0.25) is 15.0 Å². The Kier molecular flexibility index (Phi) is 7.35. The highest BCUT2D eigenvalue weighted by Crippen LogP contribution is 2.22. The standard InChI is InChI=1S/C25H25ClN4O3/c1-25(2,3)18-8-4-16(5-9-18)22(31)27-20-12-6-17(7-13-20)23(32)29-30-24(33)28-21-14-10-19(26)11-15-21/h4-15H,1-3H3,(H,27,31)(H,29,32)(H2,28,30,33). The van der Waals surface area contributed by atoms with Crippen molar-refractivity contribution in [1.29, 1.82) is 0 Å². The Hall–Kier alpha value is -3.84. The number of carbonyl (C=O) groups is 3. The summed E-state index contributed by atoms with van der Waals surface area (Å²) in [7, 11) is 0. The van der Waals surface area contributed by atoms with Gasteiger partial charge in [0, 0.05) is 27.5 Å². The van der Waals surface area contributed by atoms with Crippen LogP contribution in [0.1, 0.15) is 47.1 Å². The van der Waals surface area contributed by atoms with Gasteiger partial charge in [0.15, 0.2) is 0 Å². The Labute approximate surface area is 197 Å². The first-order chi connectivity index (χ1) is 15.6. The summed E-state index contributed by atoms with van der Waals surface area (Å²) in [5, 5.41) is 5.92. The molecule has 0 saturated heterocycles. The van der Waals surface area contributed by atoms with Crippen LogP contribution in [0.2, 0.25) is 5.02 Å². The zero-order chi connectivity index (χ0) is 24.0. The molecule has 7 nitrogen and oxygen atoms in total. The summed E-state index contributed by atoms with van der Waals surface area (Å²) >= 11 is 5.80. The van der Waals surface area contributed by atoms with Gasteiger partial charge < -0.3 is 10.6 Å². The zero-order valence-corrected chi connectivity index (χ0v) is 19.3. The van der Waals surface area contributed by atoms with Gasteiger partial charge in [0.1, 0.15) is 0 Å². The molecule has 8 heteroatoms. The van der Waals surface area contributed by atoms with E-state index in [2.05, 4.69) is 42.3 Å². The predicted octanol–water partition coefficient (Wildman–Crippen LogP) is 5.36. The van der Waals surface area contributed by atoms with Gasteiger partial charge >= 0.3 is 6.03 Å². The van der Waals surface area contributed by atoms with Gasteiger partial charge in [0.2, 0.25) is 0 Å². The third-order valence-electron chi connectivity index (χ3n) is 4.81. The summed E-state index contributed by atoms with van der Waals surface area (Å²) in [6.45, 7) is 6.34. The van der Waals surface area contributed by atoms with E-state index in [4.69, 9.17) is 11.6 Å². The van der Waals surface area contributed by atoms with Gasteiger partial charge in [0.05, 0.1) is 0 Å². The minimum Gasteiger partial charge on any atom is -0.322 e. The van der Waals surface area contributed by atoms with Crippen LogP contribution >= 0.6 is 11.6 Å². The minimum atomic E-state index is -0.605. The third-order valence-corrected chi connectivity index (χ3v) is 5.06. The lowest BCUT2D eigenvalue weighted by Crippen LogP contribution is -2.43. The second-order valence-corrected chi connectivity index (χ2v) is 8.84. The number of amides is 4. The summed E-state index contributed by atoms with van der Waals surface area (Å²) in [5.41, 5.74) is 7.68. The smallest absolute Gasteiger partial charge is 0.322 e. The van der Waals surface area contributed by atoms with Crippen molar-refractivity contribution in [3.8, 4) is 0 Å². The van der Waals surface area contributed by atoms with Crippen LogP contribution in [0.4, 0.5) is 16.2 Å². The molecule has 170 valence electrons. The summed E-state index contributed by atoms with van der Waals surface area (Å²) in [6.07, 6.45) is 0. The van der Waals surface area contributed by atoms with Crippen molar-refractivity contribution in [3.63, 3.8) is 0 Å². The molecule has 0 saturated carbocycles. The van der Waals surface area contributed by atoms with Gasteiger partial charge in [-0.1, -0.05) is 44.5 Å². The van der Waals surface area contributed by atoms with Crippen molar-refractivity contribution in [2.24, 2.45) is 0 Å². The maximum Gasteiger partial charge on any atom is 0.337 e. The lowest BCUT2D eigenvalue weighted by Gasteiger charge is -2.19. The van der Waals surface area contributed by atoms with E-state index in [1.54, 1.807) is 60.7 Å². The zero-order valence-electron chi connectivity index (χ0n) is 18.5. The number of hydrogen-bond donors (Lipinski definition) is 4. The molecule has 3 rings (SSSR count). The van der Waals surface area contributed by atoms with Crippen LogP contribution in [0.3, 0.4) is 0 Å². The fourth-order valence-corrected chi connectivity index (χ4v) is 3.04. The van der Waals surface area contributed by atoms with E-state index in [0.717, 1.165) is 5.56 Å². The van der Waals surface area contributed by atoms with Crippen molar-refractivity contribution >= 4 is 40.8 Å². The molecule has 0 atom stereocenters. The molecular formula is C25H25ClN4O3. The molecule has 0 aliphatic rings. The van der Waals surface area contributed by atoms with Crippen molar-refractivity contribution in [2.75, 3.05) is 10.6 Å². The number of halogens is 1. The Balaban J connectivity index is 1.51. The molecule has 0 aliphatic carbocycles. The van der Waals surface area contributed by atoms with Crippen LogP contribution in [-0.2, 0) is 5.41 Å². The fraction of sp³-hybridized carbons (Fsp3) is 0.160. The van der Waals surface area contributed by atoms with E-state index in [0.29, 0.717) is 27.5 Å². The second-order valence-electron chi connectivity index (χ2n) is 8.40. The van der Waals surface area contributed by atoms with E-state index < -0.39 is 11.9 Å².